The Morgan fingerprint density at radius 2 is 1.95 bits per heavy atom. The highest BCUT2D eigenvalue weighted by Gasteiger charge is 2.24. The molecule has 2 unspecified atom stereocenters. The van der Waals surface area contributed by atoms with Gasteiger partial charge in [-0.1, -0.05) is 19.8 Å². The summed E-state index contributed by atoms with van der Waals surface area (Å²) in [5, 5.41) is 5.20. The van der Waals surface area contributed by atoms with Crippen molar-refractivity contribution >= 4 is 11.6 Å². The molecular weight excluding hydrogens is 262 g/mol. The fourth-order valence-corrected chi connectivity index (χ4v) is 2.79. The first kappa shape index (κ1) is 14.8. The minimum Gasteiger partial charge on any atom is -0.383 e. The predicted octanol–water partition coefficient (Wildman–Crippen LogP) is 3.17. The van der Waals surface area contributed by atoms with Crippen molar-refractivity contribution in [3.05, 3.63) is 29.3 Å². The van der Waals surface area contributed by atoms with Crippen molar-refractivity contribution in [2.45, 2.75) is 26.2 Å². The van der Waals surface area contributed by atoms with Gasteiger partial charge in [0.15, 0.2) is 0 Å². The van der Waals surface area contributed by atoms with Crippen LogP contribution in [-0.4, -0.2) is 19.5 Å². The Morgan fingerprint density at radius 3 is 2.45 bits per heavy atom. The molecule has 1 saturated carbocycles. The van der Waals surface area contributed by atoms with Crippen LogP contribution in [-0.2, 0) is 0 Å². The molecule has 0 aliphatic heterocycles. The molecule has 1 fully saturated rings. The molecule has 1 aliphatic carbocycles. The summed E-state index contributed by atoms with van der Waals surface area (Å²) in [5.41, 5.74) is -0.199. The SMILES string of the molecule is CNc1c(F)cc(C(=O)NCC2CCCC2C)cc1F. The maximum absolute atomic E-state index is 13.6. The van der Waals surface area contributed by atoms with Gasteiger partial charge in [-0.2, -0.15) is 0 Å². The van der Waals surface area contributed by atoms with Gasteiger partial charge in [-0.25, -0.2) is 8.78 Å². The lowest BCUT2D eigenvalue weighted by Gasteiger charge is -2.16. The van der Waals surface area contributed by atoms with Crippen LogP contribution >= 0.6 is 0 Å². The number of hydrogen-bond donors (Lipinski definition) is 2. The number of amides is 1. The Bertz CT molecular complexity index is 482. The average Bonchev–Trinajstić information content (AvgIpc) is 2.81. The van der Waals surface area contributed by atoms with Gasteiger partial charge in [0, 0.05) is 19.2 Å². The summed E-state index contributed by atoms with van der Waals surface area (Å²) in [6, 6.07) is 2.12. The number of rotatable bonds is 4. The van der Waals surface area contributed by atoms with E-state index in [1.54, 1.807) is 0 Å². The second kappa shape index (κ2) is 6.20. The van der Waals surface area contributed by atoms with E-state index in [0.717, 1.165) is 18.6 Å². The van der Waals surface area contributed by atoms with Crippen molar-refractivity contribution < 1.29 is 13.6 Å². The van der Waals surface area contributed by atoms with Gasteiger partial charge in [-0.15, -0.1) is 0 Å². The van der Waals surface area contributed by atoms with Gasteiger partial charge in [-0.3, -0.25) is 4.79 Å². The van der Waals surface area contributed by atoms with Crippen LogP contribution in [0.15, 0.2) is 12.1 Å². The number of anilines is 1. The maximum Gasteiger partial charge on any atom is 0.251 e. The van der Waals surface area contributed by atoms with E-state index in [9.17, 15) is 13.6 Å². The summed E-state index contributed by atoms with van der Waals surface area (Å²) in [6.07, 6.45) is 3.46. The Labute approximate surface area is 117 Å². The molecule has 0 radical (unpaired) electrons. The molecular formula is C15H20F2N2O. The lowest BCUT2D eigenvalue weighted by molar-refractivity contribution is 0.0943. The smallest absolute Gasteiger partial charge is 0.251 e. The highest BCUT2D eigenvalue weighted by Crippen LogP contribution is 2.30. The van der Waals surface area contributed by atoms with Crippen LogP contribution in [0.5, 0.6) is 0 Å². The van der Waals surface area contributed by atoms with Crippen molar-refractivity contribution in [3.63, 3.8) is 0 Å². The molecule has 2 rings (SSSR count). The maximum atomic E-state index is 13.6. The third-order valence-corrected chi connectivity index (χ3v) is 4.12. The fraction of sp³-hybridized carbons (Fsp3) is 0.533. The summed E-state index contributed by atoms with van der Waals surface area (Å²) in [5.74, 6) is -0.885. The Kier molecular flexibility index (Phi) is 4.57. The molecule has 0 heterocycles. The fourth-order valence-electron chi connectivity index (χ4n) is 2.79. The van der Waals surface area contributed by atoms with Gasteiger partial charge in [-0.05, 0) is 30.4 Å². The van der Waals surface area contributed by atoms with E-state index in [1.807, 2.05) is 0 Å². The lowest BCUT2D eigenvalue weighted by Crippen LogP contribution is -2.30. The summed E-state index contributed by atoms with van der Waals surface area (Å²) in [6.45, 7) is 2.74. The van der Waals surface area contributed by atoms with Crippen LogP contribution in [0.1, 0.15) is 36.5 Å². The van der Waals surface area contributed by atoms with Crippen LogP contribution in [0.3, 0.4) is 0 Å². The van der Waals surface area contributed by atoms with Crippen molar-refractivity contribution in [1.82, 2.24) is 5.32 Å². The molecule has 20 heavy (non-hydrogen) atoms. The third-order valence-electron chi connectivity index (χ3n) is 4.12. The van der Waals surface area contributed by atoms with Gasteiger partial charge in [0.1, 0.15) is 17.3 Å². The van der Waals surface area contributed by atoms with Gasteiger partial charge in [0.05, 0.1) is 0 Å². The molecule has 110 valence electrons. The number of halogens is 2. The number of hydrogen-bond acceptors (Lipinski definition) is 2. The first-order valence-corrected chi connectivity index (χ1v) is 6.98. The van der Waals surface area contributed by atoms with Gasteiger partial charge in [0.2, 0.25) is 0 Å². The van der Waals surface area contributed by atoms with E-state index >= 15 is 0 Å². The molecule has 1 aromatic carbocycles. The monoisotopic (exact) mass is 282 g/mol. The van der Waals surface area contributed by atoms with Crippen LogP contribution in [0.25, 0.3) is 0 Å². The second-order valence-corrected chi connectivity index (χ2v) is 5.44. The van der Waals surface area contributed by atoms with Gasteiger partial charge >= 0.3 is 0 Å². The van der Waals surface area contributed by atoms with Gasteiger partial charge in [0.25, 0.3) is 5.91 Å². The molecule has 2 atom stereocenters. The van der Waals surface area contributed by atoms with E-state index in [1.165, 1.54) is 19.9 Å². The number of nitrogens with one attached hydrogen (secondary N) is 2. The predicted molar refractivity (Wildman–Crippen MR) is 74.7 cm³/mol. The minimum absolute atomic E-state index is 0.0182. The molecule has 1 amide bonds. The first-order valence-electron chi connectivity index (χ1n) is 6.98. The zero-order valence-corrected chi connectivity index (χ0v) is 11.8. The minimum atomic E-state index is -0.758. The van der Waals surface area contributed by atoms with Crippen molar-refractivity contribution in [2.24, 2.45) is 11.8 Å². The highest BCUT2D eigenvalue weighted by molar-refractivity contribution is 5.94. The molecule has 5 heteroatoms. The van der Waals surface area contributed by atoms with Crippen molar-refractivity contribution in [1.29, 1.82) is 0 Å². The Hall–Kier alpha value is -1.65. The quantitative estimate of drug-likeness (QED) is 0.890. The van der Waals surface area contributed by atoms with Crippen LogP contribution in [0.4, 0.5) is 14.5 Å². The van der Waals surface area contributed by atoms with Gasteiger partial charge < -0.3 is 10.6 Å². The van der Waals surface area contributed by atoms with E-state index < -0.39 is 17.5 Å². The van der Waals surface area contributed by atoms with Crippen molar-refractivity contribution in [3.8, 4) is 0 Å². The van der Waals surface area contributed by atoms with E-state index in [2.05, 4.69) is 17.6 Å². The molecule has 0 bridgehead atoms. The van der Waals surface area contributed by atoms with Crippen molar-refractivity contribution in [2.75, 3.05) is 18.9 Å². The number of benzene rings is 1. The Balaban J connectivity index is 2.02. The number of carbonyl (C=O) groups excluding carboxylic acids is 1. The van der Waals surface area contributed by atoms with Crippen LogP contribution < -0.4 is 10.6 Å². The Morgan fingerprint density at radius 1 is 1.30 bits per heavy atom. The van der Waals surface area contributed by atoms with E-state index in [-0.39, 0.29) is 11.3 Å². The number of carbonyl (C=O) groups is 1. The van der Waals surface area contributed by atoms with Crippen LogP contribution in [0.2, 0.25) is 0 Å². The van der Waals surface area contributed by atoms with E-state index in [0.29, 0.717) is 18.4 Å². The summed E-state index contributed by atoms with van der Waals surface area (Å²) < 4.78 is 27.2. The average molecular weight is 282 g/mol. The largest absolute Gasteiger partial charge is 0.383 e. The topological polar surface area (TPSA) is 41.1 Å². The van der Waals surface area contributed by atoms with E-state index in [4.69, 9.17) is 0 Å². The van der Waals surface area contributed by atoms with Crippen LogP contribution in [0, 0.1) is 23.5 Å². The molecule has 0 saturated heterocycles. The molecule has 0 aromatic heterocycles. The summed E-state index contributed by atoms with van der Waals surface area (Å²) in [4.78, 5) is 11.9. The third kappa shape index (κ3) is 3.08. The normalized spacial score (nSPS) is 21.8. The first-order chi connectivity index (χ1) is 9.52. The standard InChI is InChI=1S/C15H20F2N2O/c1-9-4-3-5-10(9)8-19-15(20)11-6-12(16)14(18-2)13(17)7-11/h6-7,9-10,18H,3-5,8H2,1-2H3,(H,19,20). The molecule has 2 N–H and O–H groups in total. The highest BCUT2D eigenvalue weighted by atomic mass is 19.1. The summed E-state index contributed by atoms with van der Waals surface area (Å²) in [7, 11) is 1.43. The molecule has 1 aromatic rings. The second-order valence-electron chi connectivity index (χ2n) is 5.44. The summed E-state index contributed by atoms with van der Waals surface area (Å²) >= 11 is 0. The molecule has 1 aliphatic rings. The molecule has 3 nitrogen and oxygen atoms in total. The molecule has 0 spiro atoms. The lowest BCUT2D eigenvalue weighted by atomic mass is 9.98. The zero-order valence-electron chi connectivity index (χ0n) is 11.8. The zero-order chi connectivity index (χ0) is 14.7.